The number of amides is 2. The summed E-state index contributed by atoms with van der Waals surface area (Å²) in [5.74, 6) is 0.401. The van der Waals surface area contributed by atoms with Gasteiger partial charge in [-0.15, -0.1) is 0 Å². The van der Waals surface area contributed by atoms with Crippen molar-refractivity contribution < 1.29 is 14.3 Å². The van der Waals surface area contributed by atoms with Gasteiger partial charge in [0.25, 0.3) is 0 Å². The lowest BCUT2D eigenvalue weighted by Gasteiger charge is -2.13. The van der Waals surface area contributed by atoms with Crippen LogP contribution in [0.5, 0.6) is 11.5 Å². The zero-order valence-electron chi connectivity index (χ0n) is 15.9. The van der Waals surface area contributed by atoms with Gasteiger partial charge in [-0.2, -0.15) is 0 Å². The Morgan fingerprint density at radius 1 is 0.750 bits per heavy atom. The first kappa shape index (κ1) is 19.2. The maximum atomic E-state index is 12.4. The van der Waals surface area contributed by atoms with Crippen LogP contribution in [0.25, 0.3) is 0 Å². The molecule has 0 aliphatic heterocycles. The Morgan fingerprint density at radius 2 is 1.36 bits per heavy atom. The van der Waals surface area contributed by atoms with E-state index in [0.717, 1.165) is 16.8 Å². The second-order valence-corrected chi connectivity index (χ2v) is 6.45. The standard InChI is InChI=1S/C23H22N2O3/c1-16-9-8-10-17(2)23(16)25-22(27)15-21(26)24-19-13-6-7-14-20(19)28-18-11-4-3-5-12-18/h3-14H,15H2,1-2H3,(H,24,26)(H,25,27). The molecule has 0 spiro atoms. The van der Waals surface area contributed by atoms with Gasteiger partial charge < -0.3 is 15.4 Å². The number of aryl methyl sites for hydroxylation is 2. The highest BCUT2D eigenvalue weighted by molar-refractivity contribution is 6.08. The van der Waals surface area contributed by atoms with Gasteiger partial charge in [-0.25, -0.2) is 0 Å². The molecule has 3 rings (SSSR count). The topological polar surface area (TPSA) is 67.4 Å². The van der Waals surface area contributed by atoms with Gasteiger partial charge in [0, 0.05) is 5.69 Å². The molecule has 0 bridgehead atoms. The molecule has 0 heterocycles. The number of carbonyl (C=O) groups excluding carboxylic acids is 2. The summed E-state index contributed by atoms with van der Waals surface area (Å²) in [5, 5.41) is 5.57. The summed E-state index contributed by atoms with van der Waals surface area (Å²) in [6, 6.07) is 22.2. The third-order valence-electron chi connectivity index (χ3n) is 4.20. The molecule has 0 aliphatic carbocycles. The van der Waals surface area contributed by atoms with Gasteiger partial charge in [0.05, 0.1) is 5.69 Å². The van der Waals surface area contributed by atoms with Gasteiger partial charge in [-0.05, 0) is 49.2 Å². The van der Waals surface area contributed by atoms with E-state index >= 15 is 0 Å². The van der Waals surface area contributed by atoms with Crippen LogP contribution >= 0.6 is 0 Å². The summed E-state index contributed by atoms with van der Waals surface area (Å²) in [7, 11) is 0. The first-order chi connectivity index (χ1) is 13.5. The molecule has 5 nitrogen and oxygen atoms in total. The van der Waals surface area contributed by atoms with E-state index < -0.39 is 5.91 Å². The van der Waals surface area contributed by atoms with Gasteiger partial charge >= 0.3 is 0 Å². The molecule has 2 amide bonds. The van der Waals surface area contributed by atoms with Crippen LogP contribution < -0.4 is 15.4 Å². The fourth-order valence-electron chi connectivity index (χ4n) is 2.81. The molecular weight excluding hydrogens is 352 g/mol. The van der Waals surface area contributed by atoms with Gasteiger partial charge in [0.2, 0.25) is 11.8 Å². The molecule has 3 aromatic carbocycles. The van der Waals surface area contributed by atoms with E-state index in [0.29, 0.717) is 17.2 Å². The number of hydrogen-bond acceptors (Lipinski definition) is 3. The van der Waals surface area contributed by atoms with Crippen molar-refractivity contribution in [1.29, 1.82) is 0 Å². The minimum Gasteiger partial charge on any atom is -0.455 e. The summed E-state index contributed by atoms with van der Waals surface area (Å²) < 4.78 is 5.83. The second-order valence-electron chi connectivity index (χ2n) is 6.45. The molecule has 0 atom stereocenters. The highest BCUT2D eigenvalue weighted by Gasteiger charge is 2.14. The Hall–Kier alpha value is -3.60. The van der Waals surface area contributed by atoms with Gasteiger partial charge in [-0.3, -0.25) is 9.59 Å². The van der Waals surface area contributed by atoms with Crippen LogP contribution in [-0.4, -0.2) is 11.8 Å². The van der Waals surface area contributed by atoms with Crippen LogP contribution in [0, 0.1) is 13.8 Å². The smallest absolute Gasteiger partial charge is 0.233 e. The number of anilines is 2. The van der Waals surface area contributed by atoms with Crippen molar-refractivity contribution in [2.75, 3.05) is 10.6 Å². The average Bonchev–Trinajstić information content (AvgIpc) is 2.67. The maximum Gasteiger partial charge on any atom is 0.233 e. The minimum absolute atomic E-state index is 0.284. The summed E-state index contributed by atoms with van der Waals surface area (Å²) in [6.07, 6.45) is -0.284. The minimum atomic E-state index is -0.409. The first-order valence-electron chi connectivity index (χ1n) is 9.01. The fourth-order valence-corrected chi connectivity index (χ4v) is 2.81. The Labute approximate surface area is 164 Å². The Morgan fingerprint density at radius 3 is 2.07 bits per heavy atom. The first-order valence-corrected chi connectivity index (χ1v) is 9.01. The Kier molecular flexibility index (Phi) is 6.07. The molecule has 0 aliphatic rings. The molecule has 0 radical (unpaired) electrons. The lowest BCUT2D eigenvalue weighted by molar-refractivity contribution is -0.123. The van der Waals surface area contributed by atoms with E-state index in [1.807, 2.05) is 68.4 Å². The molecule has 0 unspecified atom stereocenters. The molecule has 5 heteroatoms. The average molecular weight is 374 g/mol. The maximum absolute atomic E-state index is 12.4. The van der Waals surface area contributed by atoms with Gasteiger partial charge in [-0.1, -0.05) is 48.5 Å². The SMILES string of the molecule is Cc1cccc(C)c1NC(=O)CC(=O)Nc1ccccc1Oc1ccccc1. The second kappa shape index (κ2) is 8.86. The molecule has 0 saturated heterocycles. The van der Waals surface area contributed by atoms with E-state index in [-0.39, 0.29) is 12.3 Å². The van der Waals surface area contributed by atoms with E-state index in [2.05, 4.69) is 10.6 Å². The number of rotatable bonds is 6. The number of nitrogens with one attached hydrogen (secondary N) is 2. The van der Waals surface area contributed by atoms with Crippen LogP contribution in [0.1, 0.15) is 17.5 Å². The third kappa shape index (κ3) is 4.98. The van der Waals surface area contributed by atoms with Crippen LogP contribution in [0.3, 0.4) is 0 Å². The van der Waals surface area contributed by atoms with E-state index in [1.165, 1.54) is 0 Å². The van der Waals surface area contributed by atoms with Crippen LogP contribution in [0.4, 0.5) is 11.4 Å². The van der Waals surface area contributed by atoms with Crippen molar-refractivity contribution in [2.24, 2.45) is 0 Å². The summed E-state index contributed by atoms with van der Waals surface area (Å²) in [4.78, 5) is 24.7. The highest BCUT2D eigenvalue weighted by atomic mass is 16.5. The molecular formula is C23H22N2O3. The van der Waals surface area contributed by atoms with E-state index in [9.17, 15) is 9.59 Å². The number of carbonyl (C=O) groups is 2. The van der Waals surface area contributed by atoms with Crippen LogP contribution in [0.15, 0.2) is 72.8 Å². The Bertz CT molecular complexity index is 964. The summed E-state index contributed by atoms with van der Waals surface area (Å²) in [5.41, 5.74) is 3.16. The number of ether oxygens (including phenoxy) is 1. The number of benzene rings is 3. The largest absolute Gasteiger partial charge is 0.455 e. The van der Waals surface area contributed by atoms with Gasteiger partial charge in [0.15, 0.2) is 5.75 Å². The number of para-hydroxylation sites is 4. The zero-order valence-corrected chi connectivity index (χ0v) is 15.9. The number of hydrogen-bond donors (Lipinski definition) is 2. The molecule has 3 aromatic rings. The lowest BCUT2D eigenvalue weighted by Crippen LogP contribution is -2.22. The van der Waals surface area contributed by atoms with Crippen LogP contribution in [-0.2, 0) is 9.59 Å². The highest BCUT2D eigenvalue weighted by Crippen LogP contribution is 2.29. The van der Waals surface area contributed by atoms with Crippen molar-refractivity contribution in [2.45, 2.75) is 20.3 Å². The molecule has 28 heavy (non-hydrogen) atoms. The van der Waals surface area contributed by atoms with Crippen molar-refractivity contribution in [3.8, 4) is 11.5 Å². The monoisotopic (exact) mass is 374 g/mol. The van der Waals surface area contributed by atoms with Crippen molar-refractivity contribution in [1.82, 2.24) is 0 Å². The summed E-state index contributed by atoms with van der Waals surface area (Å²) >= 11 is 0. The zero-order chi connectivity index (χ0) is 19.9. The normalized spacial score (nSPS) is 10.2. The fraction of sp³-hybridized carbons (Fsp3) is 0.130. The van der Waals surface area contributed by atoms with E-state index in [4.69, 9.17) is 4.74 Å². The van der Waals surface area contributed by atoms with Crippen molar-refractivity contribution in [3.05, 3.63) is 83.9 Å². The predicted octanol–water partition coefficient (Wildman–Crippen LogP) is 5.06. The van der Waals surface area contributed by atoms with E-state index in [1.54, 1.807) is 18.2 Å². The quantitative estimate of drug-likeness (QED) is 0.593. The molecule has 142 valence electrons. The molecule has 0 saturated carbocycles. The summed E-state index contributed by atoms with van der Waals surface area (Å²) in [6.45, 7) is 3.83. The predicted molar refractivity (Wildman–Crippen MR) is 111 cm³/mol. The molecule has 2 N–H and O–H groups in total. The van der Waals surface area contributed by atoms with Gasteiger partial charge in [0.1, 0.15) is 12.2 Å². The van der Waals surface area contributed by atoms with Crippen molar-refractivity contribution >= 4 is 23.2 Å². The van der Waals surface area contributed by atoms with Crippen molar-refractivity contribution in [3.63, 3.8) is 0 Å². The third-order valence-corrected chi connectivity index (χ3v) is 4.20. The lowest BCUT2D eigenvalue weighted by atomic mass is 10.1. The molecule has 0 fully saturated rings. The van der Waals surface area contributed by atoms with Crippen LogP contribution in [0.2, 0.25) is 0 Å². The molecule has 0 aromatic heterocycles. The Balaban J connectivity index is 1.64.